The smallest absolute Gasteiger partial charge is 0.116 e. The maximum absolute atomic E-state index is 10.2. The standard InChI is InChI=1S/C10H7NO2/c12-10-4-2-7-1-3-9(11-13)5-8(7)6-10/h1-6,12H. The van der Waals surface area contributed by atoms with Gasteiger partial charge in [-0.3, -0.25) is 0 Å². The molecule has 2 rings (SSSR count). The molecule has 0 heterocycles. The van der Waals surface area contributed by atoms with E-state index >= 15 is 0 Å². The third-order valence-electron chi connectivity index (χ3n) is 1.91. The predicted molar refractivity (Wildman–Crippen MR) is 51.1 cm³/mol. The van der Waals surface area contributed by atoms with Crippen molar-refractivity contribution in [3.63, 3.8) is 0 Å². The molecule has 0 aliphatic rings. The summed E-state index contributed by atoms with van der Waals surface area (Å²) in [5.74, 6) is 0.190. The fourth-order valence-corrected chi connectivity index (χ4v) is 1.28. The third kappa shape index (κ3) is 1.36. The summed E-state index contributed by atoms with van der Waals surface area (Å²) in [6.45, 7) is 0. The first-order valence-corrected chi connectivity index (χ1v) is 3.86. The Morgan fingerprint density at radius 2 is 1.77 bits per heavy atom. The Balaban J connectivity index is 2.74. The summed E-state index contributed by atoms with van der Waals surface area (Å²) < 4.78 is 0. The highest BCUT2D eigenvalue weighted by Gasteiger charge is 1.96. The van der Waals surface area contributed by atoms with Crippen LogP contribution in [0.5, 0.6) is 5.75 Å². The van der Waals surface area contributed by atoms with Crippen LogP contribution in [0.3, 0.4) is 0 Å². The molecule has 1 N–H and O–H groups in total. The summed E-state index contributed by atoms with van der Waals surface area (Å²) in [7, 11) is 0. The lowest BCUT2D eigenvalue weighted by molar-refractivity contribution is 0.476. The maximum atomic E-state index is 10.2. The van der Waals surface area contributed by atoms with Gasteiger partial charge in [0.1, 0.15) is 11.4 Å². The van der Waals surface area contributed by atoms with Gasteiger partial charge in [0.15, 0.2) is 0 Å². The average molecular weight is 173 g/mol. The maximum Gasteiger partial charge on any atom is 0.116 e. The van der Waals surface area contributed by atoms with Gasteiger partial charge in [-0.2, -0.15) is 0 Å². The van der Waals surface area contributed by atoms with Crippen LogP contribution >= 0.6 is 0 Å². The molecule has 0 aliphatic heterocycles. The number of rotatable bonds is 1. The number of phenolic OH excluding ortho intramolecular Hbond substituents is 1. The first kappa shape index (κ1) is 7.73. The Labute approximate surface area is 74.6 Å². The van der Waals surface area contributed by atoms with Gasteiger partial charge in [0.2, 0.25) is 0 Å². The number of aromatic hydroxyl groups is 1. The number of hydrogen-bond donors (Lipinski definition) is 1. The highest BCUT2D eigenvalue weighted by Crippen LogP contribution is 2.24. The molecule has 0 saturated carbocycles. The molecule has 0 unspecified atom stereocenters. The van der Waals surface area contributed by atoms with Crippen molar-refractivity contribution >= 4 is 16.5 Å². The van der Waals surface area contributed by atoms with Crippen LogP contribution in [-0.2, 0) is 0 Å². The molecule has 0 amide bonds. The van der Waals surface area contributed by atoms with E-state index in [-0.39, 0.29) is 5.75 Å². The molecule has 0 aromatic heterocycles. The van der Waals surface area contributed by atoms with Gasteiger partial charge in [-0.15, -0.1) is 4.91 Å². The molecule has 13 heavy (non-hydrogen) atoms. The van der Waals surface area contributed by atoms with E-state index in [0.29, 0.717) is 5.69 Å². The zero-order valence-corrected chi connectivity index (χ0v) is 6.77. The van der Waals surface area contributed by atoms with Crippen molar-refractivity contribution in [1.29, 1.82) is 0 Å². The van der Waals surface area contributed by atoms with E-state index in [0.717, 1.165) is 10.8 Å². The average Bonchev–Trinajstić information content (AvgIpc) is 2.16. The lowest BCUT2D eigenvalue weighted by Gasteiger charge is -1.98. The molecule has 0 aliphatic carbocycles. The van der Waals surface area contributed by atoms with E-state index in [1.807, 2.05) is 0 Å². The van der Waals surface area contributed by atoms with Crippen molar-refractivity contribution in [1.82, 2.24) is 0 Å². The van der Waals surface area contributed by atoms with E-state index in [1.165, 1.54) is 0 Å². The number of fused-ring (bicyclic) bond motifs is 1. The van der Waals surface area contributed by atoms with Crippen LogP contribution in [0.15, 0.2) is 41.6 Å². The second-order valence-electron chi connectivity index (χ2n) is 2.81. The molecule has 3 heteroatoms. The van der Waals surface area contributed by atoms with Crippen molar-refractivity contribution < 1.29 is 5.11 Å². The lowest BCUT2D eigenvalue weighted by atomic mass is 10.1. The molecule has 64 valence electrons. The van der Waals surface area contributed by atoms with Crippen LogP contribution in [0.4, 0.5) is 5.69 Å². The molecule has 0 saturated heterocycles. The first-order valence-electron chi connectivity index (χ1n) is 3.86. The van der Waals surface area contributed by atoms with Crippen molar-refractivity contribution in [2.24, 2.45) is 5.18 Å². The molecule has 0 bridgehead atoms. The summed E-state index contributed by atoms with van der Waals surface area (Å²) >= 11 is 0. The topological polar surface area (TPSA) is 49.7 Å². The zero-order valence-electron chi connectivity index (χ0n) is 6.77. The summed E-state index contributed by atoms with van der Waals surface area (Å²) in [6, 6.07) is 10.1. The molecule has 2 aromatic carbocycles. The fraction of sp³-hybridized carbons (Fsp3) is 0. The van der Waals surface area contributed by atoms with E-state index in [1.54, 1.807) is 36.4 Å². The SMILES string of the molecule is O=Nc1ccc2ccc(O)cc2c1. The van der Waals surface area contributed by atoms with Crippen LogP contribution in [0.1, 0.15) is 0 Å². The zero-order chi connectivity index (χ0) is 9.26. The van der Waals surface area contributed by atoms with Crippen LogP contribution in [0, 0.1) is 4.91 Å². The molecule has 3 nitrogen and oxygen atoms in total. The lowest BCUT2D eigenvalue weighted by Crippen LogP contribution is -1.71. The summed E-state index contributed by atoms with van der Waals surface area (Å²) in [6.07, 6.45) is 0. The Morgan fingerprint density at radius 3 is 2.54 bits per heavy atom. The van der Waals surface area contributed by atoms with Gasteiger partial charge < -0.3 is 5.11 Å². The molecule has 0 atom stereocenters. The third-order valence-corrected chi connectivity index (χ3v) is 1.91. The Hall–Kier alpha value is -1.90. The minimum absolute atomic E-state index is 0.190. The highest BCUT2D eigenvalue weighted by atomic mass is 16.3. The number of benzene rings is 2. The van der Waals surface area contributed by atoms with E-state index < -0.39 is 0 Å². The largest absolute Gasteiger partial charge is 0.508 e. The minimum Gasteiger partial charge on any atom is -0.508 e. The van der Waals surface area contributed by atoms with Crippen LogP contribution in [0.25, 0.3) is 10.8 Å². The van der Waals surface area contributed by atoms with Gasteiger partial charge in [-0.1, -0.05) is 12.1 Å². The quantitative estimate of drug-likeness (QED) is 0.674. The minimum atomic E-state index is 0.190. The Morgan fingerprint density at radius 1 is 1.00 bits per heavy atom. The number of phenols is 1. The van der Waals surface area contributed by atoms with Crippen molar-refractivity contribution in [2.45, 2.75) is 0 Å². The molecule has 0 radical (unpaired) electrons. The van der Waals surface area contributed by atoms with Gasteiger partial charge >= 0.3 is 0 Å². The van der Waals surface area contributed by atoms with Crippen LogP contribution in [-0.4, -0.2) is 5.11 Å². The Bertz CT molecular complexity index is 465. The summed E-state index contributed by atoms with van der Waals surface area (Å²) in [5, 5.41) is 13.8. The fourth-order valence-electron chi connectivity index (χ4n) is 1.28. The van der Waals surface area contributed by atoms with Gasteiger partial charge in [-0.05, 0) is 40.2 Å². The van der Waals surface area contributed by atoms with Gasteiger partial charge in [-0.25, -0.2) is 0 Å². The first-order chi connectivity index (χ1) is 6.29. The molecule has 0 fully saturated rings. The normalized spacial score (nSPS) is 10.2. The highest BCUT2D eigenvalue weighted by molar-refractivity contribution is 5.86. The van der Waals surface area contributed by atoms with Crippen molar-refractivity contribution in [3.8, 4) is 5.75 Å². The van der Waals surface area contributed by atoms with Gasteiger partial charge in [0, 0.05) is 0 Å². The molecule has 2 aromatic rings. The molecular weight excluding hydrogens is 166 g/mol. The summed E-state index contributed by atoms with van der Waals surface area (Å²) in [5.41, 5.74) is 0.373. The van der Waals surface area contributed by atoms with E-state index in [4.69, 9.17) is 0 Å². The predicted octanol–water partition coefficient (Wildman–Crippen LogP) is 2.94. The monoisotopic (exact) mass is 173 g/mol. The second-order valence-corrected chi connectivity index (χ2v) is 2.81. The molecular formula is C10H7NO2. The van der Waals surface area contributed by atoms with Crippen LogP contribution in [0.2, 0.25) is 0 Å². The summed E-state index contributed by atoms with van der Waals surface area (Å²) in [4.78, 5) is 10.2. The second kappa shape index (κ2) is 2.86. The number of hydrogen-bond acceptors (Lipinski definition) is 3. The number of nitrogens with zero attached hydrogens (tertiary/aromatic N) is 1. The molecule has 0 spiro atoms. The van der Waals surface area contributed by atoms with Crippen LogP contribution < -0.4 is 0 Å². The van der Waals surface area contributed by atoms with E-state index in [2.05, 4.69) is 5.18 Å². The van der Waals surface area contributed by atoms with Crippen molar-refractivity contribution in [2.75, 3.05) is 0 Å². The van der Waals surface area contributed by atoms with Gasteiger partial charge in [0.25, 0.3) is 0 Å². The number of nitroso groups, excluding NO2 is 1. The van der Waals surface area contributed by atoms with E-state index in [9.17, 15) is 10.0 Å². The van der Waals surface area contributed by atoms with Crippen molar-refractivity contribution in [3.05, 3.63) is 41.3 Å². The van der Waals surface area contributed by atoms with Gasteiger partial charge in [0.05, 0.1) is 0 Å². The Kier molecular flexibility index (Phi) is 1.70.